The van der Waals surface area contributed by atoms with Gasteiger partial charge in [0, 0.05) is 31.1 Å². The third kappa shape index (κ3) is 3.45. The van der Waals surface area contributed by atoms with Crippen LogP contribution in [-0.4, -0.2) is 42.0 Å². The Labute approximate surface area is 193 Å². The van der Waals surface area contributed by atoms with Crippen LogP contribution in [0.4, 0.5) is 20.2 Å². The molecule has 1 saturated heterocycles. The zero-order valence-electron chi connectivity index (χ0n) is 18.0. The molecule has 2 aromatic carbocycles. The van der Waals surface area contributed by atoms with Crippen molar-refractivity contribution < 1.29 is 28.2 Å². The maximum Gasteiger partial charge on any atom is 0.300 e. The summed E-state index contributed by atoms with van der Waals surface area (Å²) >= 11 is 0. The van der Waals surface area contributed by atoms with E-state index in [-0.39, 0.29) is 11.3 Å². The predicted octanol–water partition coefficient (Wildman–Crippen LogP) is 3.81. The highest BCUT2D eigenvalue weighted by atomic mass is 19.1. The Morgan fingerprint density at radius 1 is 1.06 bits per heavy atom. The van der Waals surface area contributed by atoms with Crippen molar-refractivity contribution in [3.63, 3.8) is 0 Å². The Bertz CT molecular complexity index is 1340. The number of hydrogen-bond donors (Lipinski definition) is 1. The molecule has 0 radical (unpaired) electrons. The van der Waals surface area contributed by atoms with Crippen LogP contribution in [-0.2, 0) is 9.59 Å². The second kappa shape index (κ2) is 8.26. The topological polar surface area (TPSA) is 83.0 Å². The molecule has 34 heavy (non-hydrogen) atoms. The Hall–Kier alpha value is -4.27. The van der Waals surface area contributed by atoms with Gasteiger partial charge >= 0.3 is 0 Å². The molecule has 1 N–H and O–H groups in total. The highest BCUT2D eigenvalue weighted by Gasteiger charge is 2.47. The number of ether oxygens (including phenoxy) is 1. The van der Waals surface area contributed by atoms with E-state index >= 15 is 0 Å². The number of pyridine rings is 1. The molecule has 1 atom stereocenters. The normalized spacial score (nSPS) is 19.2. The molecule has 1 fully saturated rings. The van der Waals surface area contributed by atoms with Gasteiger partial charge in [0.25, 0.3) is 11.7 Å². The number of Topliss-reactive ketones (excluding diaryl/α,β-unsaturated/α-hetero) is 1. The summed E-state index contributed by atoms with van der Waals surface area (Å²) in [6.45, 7) is 1.16. The molecule has 1 aromatic heterocycles. The summed E-state index contributed by atoms with van der Waals surface area (Å²) in [4.78, 5) is 33.1. The number of anilines is 2. The van der Waals surface area contributed by atoms with Gasteiger partial charge in [-0.2, -0.15) is 0 Å². The molecule has 9 heteroatoms. The fourth-order valence-electron chi connectivity index (χ4n) is 4.27. The fraction of sp³-hybridized carbons (Fsp3) is 0.160. The summed E-state index contributed by atoms with van der Waals surface area (Å²) in [5.41, 5.74) is 0.961. The Morgan fingerprint density at radius 3 is 2.56 bits per heavy atom. The van der Waals surface area contributed by atoms with E-state index in [4.69, 9.17) is 4.74 Å². The van der Waals surface area contributed by atoms with E-state index in [2.05, 4.69) is 4.98 Å². The third-order valence-corrected chi connectivity index (χ3v) is 5.96. The number of halogens is 2. The van der Waals surface area contributed by atoms with Crippen LogP contribution in [0.1, 0.15) is 17.2 Å². The number of aliphatic hydroxyl groups excluding tert-OH is 1. The maximum atomic E-state index is 14.7. The predicted molar refractivity (Wildman–Crippen MR) is 121 cm³/mol. The zero-order valence-corrected chi connectivity index (χ0v) is 18.0. The van der Waals surface area contributed by atoms with Gasteiger partial charge in [-0.3, -0.25) is 19.5 Å². The lowest BCUT2D eigenvalue weighted by Gasteiger charge is -2.28. The molecule has 0 bridgehead atoms. The van der Waals surface area contributed by atoms with Crippen molar-refractivity contribution in [2.45, 2.75) is 6.04 Å². The maximum absolute atomic E-state index is 14.7. The van der Waals surface area contributed by atoms with Crippen LogP contribution in [0.25, 0.3) is 5.76 Å². The van der Waals surface area contributed by atoms with Crippen molar-refractivity contribution in [3.05, 3.63) is 89.3 Å². The lowest BCUT2D eigenvalue weighted by Crippen LogP contribution is -2.30. The van der Waals surface area contributed by atoms with E-state index < -0.39 is 35.1 Å². The number of carbonyl (C=O) groups excluding carboxylic acids is 2. The number of ketones is 1. The highest BCUT2D eigenvalue weighted by Crippen LogP contribution is 2.43. The first kappa shape index (κ1) is 21.6. The first-order valence-electron chi connectivity index (χ1n) is 10.5. The lowest BCUT2D eigenvalue weighted by atomic mass is 9.95. The molecular formula is C25H19F2N3O4. The molecule has 0 saturated carbocycles. The van der Waals surface area contributed by atoms with Crippen LogP contribution in [0.3, 0.4) is 0 Å². The molecule has 7 nitrogen and oxygen atoms in total. The standard InChI is InChI=1S/C25H19F2N3O4/c1-29-10-11-34-20-5-2-15(12-19(20)29)23(31)21-22(14-6-8-28-9-7-14)30(25(33)24(21)32)18-4-3-16(26)13-17(18)27/h2-9,12-13,22,31H,10-11H2,1H3/b23-21-. The number of fused-ring (bicyclic) bond motifs is 1. The average Bonchev–Trinajstić information content (AvgIpc) is 3.10. The van der Waals surface area contributed by atoms with E-state index in [0.717, 1.165) is 22.7 Å². The number of aliphatic hydroxyl groups is 1. The van der Waals surface area contributed by atoms with Crippen molar-refractivity contribution >= 4 is 28.8 Å². The van der Waals surface area contributed by atoms with Gasteiger partial charge in [-0.15, -0.1) is 0 Å². The number of amides is 1. The van der Waals surface area contributed by atoms with Crippen LogP contribution in [0.5, 0.6) is 5.75 Å². The molecule has 0 spiro atoms. The molecule has 1 amide bonds. The van der Waals surface area contributed by atoms with Crippen molar-refractivity contribution in [2.24, 2.45) is 0 Å². The van der Waals surface area contributed by atoms with E-state index in [1.165, 1.54) is 12.4 Å². The molecule has 2 aliphatic heterocycles. The molecule has 3 aromatic rings. The number of nitrogens with zero attached hydrogens (tertiary/aromatic N) is 3. The van der Waals surface area contributed by atoms with Crippen LogP contribution < -0.4 is 14.5 Å². The number of benzene rings is 2. The van der Waals surface area contributed by atoms with E-state index in [0.29, 0.717) is 36.1 Å². The number of aromatic nitrogens is 1. The first-order chi connectivity index (χ1) is 16.4. The molecule has 3 heterocycles. The van der Waals surface area contributed by atoms with Crippen LogP contribution in [0, 0.1) is 11.6 Å². The first-order valence-corrected chi connectivity index (χ1v) is 10.5. The van der Waals surface area contributed by atoms with E-state index in [1.54, 1.807) is 30.3 Å². The van der Waals surface area contributed by atoms with Crippen molar-refractivity contribution in [2.75, 3.05) is 30.0 Å². The van der Waals surface area contributed by atoms with E-state index in [9.17, 15) is 23.5 Å². The smallest absolute Gasteiger partial charge is 0.300 e. The molecular weight excluding hydrogens is 444 g/mol. The SMILES string of the molecule is CN1CCOc2ccc(/C(O)=C3/C(=O)C(=O)N(c4ccc(F)cc4F)C3c3ccncc3)cc21. The zero-order chi connectivity index (χ0) is 24.0. The minimum absolute atomic E-state index is 0.209. The number of likely N-dealkylation sites (N-methyl/N-ethyl adjacent to an activating group) is 1. The van der Waals surface area contributed by atoms with Crippen molar-refractivity contribution in [1.82, 2.24) is 4.98 Å². The Balaban J connectivity index is 1.71. The molecule has 5 rings (SSSR count). The summed E-state index contributed by atoms with van der Waals surface area (Å²) in [7, 11) is 1.87. The Kier molecular flexibility index (Phi) is 5.24. The van der Waals surface area contributed by atoms with Gasteiger partial charge in [0.05, 0.1) is 29.5 Å². The van der Waals surface area contributed by atoms with Crippen LogP contribution >= 0.6 is 0 Å². The molecule has 2 aliphatic rings. The van der Waals surface area contributed by atoms with Crippen molar-refractivity contribution in [1.29, 1.82) is 0 Å². The number of carbonyl (C=O) groups is 2. The second-order valence-corrected chi connectivity index (χ2v) is 8.00. The summed E-state index contributed by atoms with van der Waals surface area (Å²) in [5.74, 6) is -3.62. The minimum atomic E-state index is -1.15. The van der Waals surface area contributed by atoms with Crippen LogP contribution in [0.15, 0.2) is 66.5 Å². The summed E-state index contributed by atoms with van der Waals surface area (Å²) in [6, 6.07) is 9.64. The quantitative estimate of drug-likeness (QED) is 0.361. The van der Waals surface area contributed by atoms with Gasteiger partial charge in [-0.05, 0) is 48.0 Å². The highest BCUT2D eigenvalue weighted by molar-refractivity contribution is 6.51. The number of rotatable bonds is 3. The van der Waals surface area contributed by atoms with Gasteiger partial charge in [0.2, 0.25) is 0 Å². The second-order valence-electron chi connectivity index (χ2n) is 8.00. The molecule has 1 unspecified atom stereocenters. The molecule has 0 aliphatic carbocycles. The number of hydrogen-bond acceptors (Lipinski definition) is 6. The van der Waals surface area contributed by atoms with E-state index in [1.807, 2.05) is 11.9 Å². The summed E-state index contributed by atoms with van der Waals surface area (Å²) in [6.07, 6.45) is 2.92. The van der Waals surface area contributed by atoms with Gasteiger partial charge in [0.15, 0.2) is 0 Å². The van der Waals surface area contributed by atoms with Crippen molar-refractivity contribution in [3.8, 4) is 5.75 Å². The summed E-state index contributed by atoms with van der Waals surface area (Å²) in [5, 5.41) is 11.3. The lowest BCUT2D eigenvalue weighted by molar-refractivity contribution is -0.132. The fourth-order valence-corrected chi connectivity index (χ4v) is 4.27. The third-order valence-electron chi connectivity index (χ3n) is 5.96. The van der Waals surface area contributed by atoms with Gasteiger partial charge in [-0.1, -0.05) is 0 Å². The van der Waals surface area contributed by atoms with Gasteiger partial charge in [-0.25, -0.2) is 8.78 Å². The summed E-state index contributed by atoms with van der Waals surface area (Å²) < 4.78 is 33.9. The van der Waals surface area contributed by atoms with Gasteiger partial charge in [0.1, 0.15) is 29.8 Å². The largest absolute Gasteiger partial charge is 0.507 e. The van der Waals surface area contributed by atoms with Gasteiger partial charge < -0.3 is 14.7 Å². The monoisotopic (exact) mass is 463 g/mol. The average molecular weight is 463 g/mol. The molecule has 172 valence electrons. The van der Waals surface area contributed by atoms with Crippen LogP contribution in [0.2, 0.25) is 0 Å². The minimum Gasteiger partial charge on any atom is -0.507 e. The Morgan fingerprint density at radius 2 is 1.82 bits per heavy atom.